The molecule has 1 saturated heterocycles. The SMILES string of the molecule is [CH2]C(O)C1c2ccc(N3CCOCC3)cc2OC1(C)C. The number of rotatable bonds is 2. The second-order valence-electron chi connectivity index (χ2n) is 6.07. The van der Waals surface area contributed by atoms with Crippen molar-refractivity contribution in [2.45, 2.75) is 31.5 Å². The minimum absolute atomic E-state index is 0.0868. The maximum atomic E-state index is 9.93. The van der Waals surface area contributed by atoms with Crippen LogP contribution in [-0.2, 0) is 4.74 Å². The minimum atomic E-state index is -0.666. The summed E-state index contributed by atoms with van der Waals surface area (Å²) in [7, 11) is 0. The zero-order valence-electron chi connectivity index (χ0n) is 12.1. The second-order valence-corrected chi connectivity index (χ2v) is 6.07. The number of nitrogens with zero attached hydrogens (tertiary/aromatic N) is 1. The lowest BCUT2D eigenvalue weighted by molar-refractivity contribution is 0.0551. The summed E-state index contributed by atoms with van der Waals surface area (Å²) >= 11 is 0. The fourth-order valence-electron chi connectivity index (χ4n) is 3.28. The van der Waals surface area contributed by atoms with Gasteiger partial charge in [0.25, 0.3) is 0 Å². The van der Waals surface area contributed by atoms with Gasteiger partial charge in [0.15, 0.2) is 0 Å². The van der Waals surface area contributed by atoms with Gasteiger partial charge in [0.2, 0.25) is 0 Å². The van der Waals surface area contributed by atoms with Crippen molar-refractivity contribution in [3.63, 3.8) is 0 Å². The Balaban J connectivity index is 1.91. The average molecular weight is 276 g/mol. The Bertz CT molecular complexity index is 492. The van der Waals surface area contributed by atoms with Crippen LogP contribution in [0.4, 0.5) is 5.69 Å². The standard InChI is InChI=1S/C16H22NO3/c1-11(18)15-13-5-4-12(17-6-8-19-9-7-17)10-14(13)20-16(15,2)3/h4-5,10-11,15,18H,1,6-9H2,2-3H3. The van der Waals surface area contributed by atoms with Gasteiger partial charge in [0.05, 0.1) is 25.2 Å². The molecule has 3 rings (SSSR count). The first-order valence-electron chi connectivity index (χ1n) is 7.16. The van der Waals surface area contributed by atoms with Crippen molar-refractivity contribution in [1.29, 1.82) is 0 Å². The second kappa shape index (κ2) is 4.93. The molecule has 109 valence electrons. The maximum absolute atomic E-state index is 9.93. The molecule has 0 aromatic heterocycles. The molecule has 4 nitrogen and oxygen atoms in total. The average Bonchev–Trinajstić information content (AvgIpc) is 2.68. The summed E-state index contributed by atoms with van der Waals surface area (Å²) in [5, 5.41) is 9.93. The molecule has 4 heteroatoms. The molecule has 20 heavy (non-hydrogen) atoms. The van der Waals surface area contributed by atoms with E-state index >= 15 is 0 Å². The molecule has 2 unspecified atom stereocenters. The van der Waals surface area contributed by atoms with Crippen LogP contribution in [-0.4, -0.2) is 43.1 Å². The first-order valence-corrected chi connectivity index (χ1v) is 7.16. The topological polar surface area (TPSA) is 41.9 Å². The molecule has 1 radical (unpaired) electrons. The molecule has 0 saturated carbocycles. The van der Waals surface area contributed by atoms with E-state index in [-0.39, 0.29) is 5.92 Å². The zero-order chi connectivity index (χ0) is 14.3. The van der Waals surface area contributed by atoms with Crippen LogP contribution in [0.5, 0.6) is 5.75 Å². The Morgan fingerprint density at radius 2 is 2.05 bits per heavy atom. The number of fused-ring (bicyclic) bond motifs is 1. The molecule has 0 aliphatic carbocycles. The van der Waals surface area contributed by atoms with Crippen LogP contribution in [0.1, 0.15) is 25.3 Å². The number of hydrogen-bond donors (Lipinski definition) is 1. The minimum Gasteiger partial charge on any atom is -0.487 e. The molecule has 1 aromatic carbocycles. The van der Waals surface area contributed by atoms with Gasteiger partial charge in [-0.1, -0.05) is 6.07 Å². The zero-order valence-corrected chi connectivity index (χ0v) is 12.1. The fourth-order valence-corrected chi connectivity index (χ4v) is 3.28. The highest BCUT2D eigenvalue weighted by atomic mass is 16.5. The van der Waals surface area contributed by atoms with Crippen molar-refractivity contribution in [3.05, 3.63) is 30.7 Å². The van der Waals surface area contributed by atoms with E-state index < -0.39 is 11.7 Å². The molecule has 1 aromatic rings. The number of benzene rings is 1. The van der Waals surface area contributed by atoms with Crippen LogP contribution >= 0.6 is 0 Å². The number of hydrogen-bond acceptors (Lipinski definition) is 4. The van der Waals surface area contributed by atoms with E-state index in [0.717, 1.165) is 43.3 Å². The van der Waals surface area contributed by atoms with Crippen molar-refractivity contribution >= 4 is 5.69 Å². The summed E-state index contributed by atoms with van der Waals surface area (Å²) < 4.78 is 11.4. The van der Waals surface area contributed by atoms with E-state index in [2.05, 4.69) is 30.0 Å². The third-order valence-electron chi connectivity index (χ3n) is 4.22. The molecular formula is C16H22NO3. The third-order valence-corrected chi connectivity index (χ3v) is 4.22. The number of aliphatic hydroxyl groups is 1. The quantitative estimate of drug-likeness (QED) is 0.897. The van der Waals surface area contributed by atoms with Crippen molar-refractivity contribution in [2.75, 3.05) is 31.2 Å². The van der Waals surface area contributed by atoms with Crippen LogP contribution in [0.2, 0.25) is 0 Å². The summed E-state index contributed by atoms with van der Waals surface area (Å²) in [6.07, 6.45) is -0.666. The third kappa shape index (κ3) is 2.27. The van der Waals surface area contributed by atoms with Crippen LogP contribution < -0.4 is 9.64 Å². The molecular weight excluding hydrogens is 254 g/mol. The van der Waals surface area contributed by atoms with Gasteiger partial charge in [-0.3, -0.25) is 0 Å². The number of aliphatic hydroxyl groups excluding tert-OH is 1. The predicted octanol–water partition coefficient (Wildman–Crippen LogP) is 1.97. The van der Waals surface area contributed by atoms with Crippen molar-refractivity contribution < 1.29 is 14.6 Å². The van der Waals surface area contributed by atoms with E-state index in [4.69, 9.17) is 9.47 Å². The molecule has 0 amide bonds. The Labute approximate surface area is 120 Å². The van der Waals surface area contributed by atoms with Gasteiger partial charge >= 0.3 is 0 Å². The van der Waals surface area contributed by atoms with E-state index in [1.54, 1.807) is 0 Å². The first kappa shape index (κ1) is 13.7. The molecule has 2 aliphatic rings. The predicted molar refractivity (Wildman–Crippen MR) is 78.3 cm³/mol. The van der Waals surface area contributed by atoms with Crippen LogP contribution in [0.25, 0.3) is 0 Å². The molecule has 2 heterocycles. The molecule has 0 spiro atoms. The summed E-state index contributed by atoms with van der Waals surface area (Å²) in [5.41, 5.74) is 1.78. The Morgan fingerprint density at radius 3 is 2.70 bits per heavy atom. The van der Waals surface area contributed by atoms with Gasteiger partial charge in [0.1, 0.15) is 11.4 Å². The highest BCUT2D eigenvalue weighted by molar-refractivity contribution is 5.57. The van der Waals surface area contributed by atoms with Gasteiger partial charge in [-0.2, -0.15) is 0 Å². The number of ether oxygens (including phenoxy) is 2. The number of morpholine rings is 1. The van der Waals surface area contributed by atoms with Crippen LogP contribution in [0.3, 0.4) is 0 Å². The highest BCUT2D eigenvalue weighted by Gasteiger charge is 2.43. The van der Waals surface area contributed by atoms with Crippen molar-refractivity contribution in [3.8, 4) is 5.75 Å². The van der Waals surface area contributed by atoms with E-state index in [1.807, 2.05) is 13.8 Å². The molecule has 0 bridgehead atoms. The van der Waals surface area contributed by atoms with Crippen LogP contribution in [0, 0.1) is 6.92 Å². The largest absolute Gasteiger partial charge is 0.487 e. The Morgan fingerprint density at radius 1 is 1.35 bits per heavy atom. The maximum Gasteiger partial charge on any atom is 0.125 e. The Kier molecular flexibility index (Phi) is 3.38. The first-order chi connectivity index (χ1) is 9.49. The van der Waals surface area contributed by atoms with E-state index in [1.165, 1.54) is 0 Å². The summed E-state index contributed by atoms with van der Waals surface area (Å²) in [6, 6.07) is 6.24. The van der Waals surface area contributed by atoms with E-state index in [9.17, 15) is 5.11 Å². The van der Waals surface area contributed by atoms with Gasteiger partial charge in [0, 0.05) is 30.4 Å². The fraction of sp³-hybridized carbons (Fsp3) is 0.562. The number of anilines is 1. The lowest BCUT2D eigenvalue weighted by atomic mass is 9.83. The van der Waals surface area contributed by atoms with Gasteiger partial charge < -0.3 is 19.5 Å². The molecule has 1 fully saturated rings. The molecule has 2 aliphatic heterocycles. The summed E-state index contributed by atoms with van der Waals surface area (Å²) in [5.74, 6) is 0.780. The van der Waals surface area contributed by atoms with Gasteiger partial charge in [-0.05, 0) is 26.8 Å². The van der Waals surface area contributed by atoms with Crippen molar-refractivity contribution in [1.82, 2.24) is 0 Å². The molecule has 2 atom stereocenters. The highest BCUT2D eigenvalue weighted by Crippen LogP contribution is 2.47. The summed E-state index contributed by atoms with van der Waals surface area (Å²) in [4.78, 5) is 2.30. The smallest absolute Gasteiger partial charge is 0.125 e. The Hall–Kier alpha value is -1.26. The van der Waals surface area contributed by atoms with Gasteiger partial charge in [-0.25, -0.2) is 0 Å². The van der Waals surface area contributed by atoms with Crippen molar-refractivity contribution in [2.24, 2.45) is 0 Å². The summed E-state index contributed by atoms with van der Waals surface area (Å²) in [6.45, 7) is 11.1. The lowest BCUT2D eigenvalue weighted by Gasteiger charge is -2.29. The monoisotopic (exact) mass is 276 g/mol. The lowest BCUT2D eigenvalue weighted by Crippen LogP contribution is -2.36. The van der Waals surface area contributed by atoms with Gasteiger partial charge in [-0.15, -0.1) is 0 Å². The molecule has 1 N–H and O–H groups in total. The van der Waals surface area contributed by atoms with E-state index in [0.29, 0.717) is 0 Å². The normalized spacial score (nSPS) is 26.0. The van der Waals surface area contributed by atoms with Crippen LogP contribution in [0.15, 0.2) is 18.2 Å².